The van der Waals surface area contributed by atoms with E-state index in [1.807, 2.05) is 60.0 Å². The fourth-order valence-corrected chi connectivity index (χ4v) is 2.61. The van der Waals surface area contributed by atoms with Gasteiger partial charge in [0.25, 0.3) is 5.91 Å². The van der Waals surface area contributed by atoms with Gasteiger partial charge in [-0.05, 0) is 43.2 Å². The first-order valence-corrected chi connectivity index (χ1v) is 7.53. The van der Waals surface area contributed by atoms with Crippen molar-refractivity contribution in [3.05, 3.63) is 65.6 Å². The van der Waals surface area contributed by atoms with Crippen LogP contribution in [0.1, 0.15) is 35.1 Å². The van der Waals surface area contributed by atoms with Crippen LogP contribution in [0.5, 0.6) is 0 Å². The van der Waals surface area contributed by atoms with Crippen LogP contribution in [0, 0.1) is 6.92 Å². The highest BCUT2D eigenvalue weighted by Gasteiger charge is 2.18. The minimum Gasteiger partial charge on any atom is -0.321 e. The SMILES string of the molecule is CCCc1nc2ccccn2c1C(=O)Nc1cccc(C)c1. The molecule has 0 aliphatic rings. The zero-order valence-corrected chi connectivity index (χ0v) is 12.8. The normalized spacial score (nSPS) is 10.8. The maximum atomic E-state index is 12.7. The molecule has 0 unspecified atom stereocenters. The molecule has 0 bridgehead atoms. The second-order valence-corrected chi connectivity index (χ2v) is 5.41. The maximum absolute atomic E-state index is 12.7. The number of hydrogen-bond donors (Lipinski definition) is 1. The minimum atomic E-state index is -0.118. The van der Waals surface area contributed by atoms with E-state index in [9.17, 15) is 4.79 Å². The lowest BCUT2D eigenvalue weighted by atomic mass is 10.2. The van der Waals surface area contributed by atoms with Gasteiger partial charge < -0.3 is 5.32 Å². The highest BCUT2D eigenvalue weighted by atomic mass is 16.2. The molecule has 1 aromatic carbocycles. The van der Waals surface area contributed by atoms with E-state index in [1.165, 1.54) is 0 Å². The van der Waals surface area contributed by atoms with Gasteiger partial charge in [0.05, 0.1) is 5.69 Å². The average Bonchev–Trinajstić information content (AvgIpc) is 2.85. The monoisotopic (exact) mass is 293 g/mol. The molecule has 0 aliphatic heterocycles. The predicted molar refractivity (Wildman–Crippen MR) is 88.3 cm³/mol. The molecule has 0 atom stereocenters. The molecule has 2 heterocycles. The number of fused-ring (bicyclic) bond motifs is 1. The number of aromatic nitrogens is 2. The summed E-state index contributed by atoms with van der Waals surface area (Å²) in [5, 5.41) is 2.98. The number of carbonyl (C=O) groups is 1. The van der Waals surface area contributed by atoms with E-state index in [1.54, 1.807) is 0 Å². The van der Waals surface area contributed by atoms with Gasteiger partial charge in [-0.1, -0.05) is 31.5 Å². The van der Waals surface area contributed by atoms with Gasteiger partial charge in [-0.2, -0.15) is 0 Å². The second-order valence-electron chi connectivity index (χ2n) is 5.41. The number of amides is 1. The third kappa shape index (κ3) is 2.72. The third-order valence-corrected chi connectivity index (χ3v) is 3.58. The molecular weight excluding hydrogens is 274 g/mol. The van der Waals surface area contributed by atoms with Crippen LogP contribution in [0.2, 0.25) is 0 Å². The van der Waals surface area contributed by atoms with Gasteiger partial charge in [0.1, 0.15) is 11.3 Å². The molecule has 0 fully saturated rings. The summed E-state index contributed by atoms with van der Waals surface area (Å²) in [6.45, 7) is 4.10. The molecule has 4 heteroatoms. The topological polar surface area (TPSA) is 46.4 Å². The number of imidazole rings is 1. The number of rotatable bonds is 4. The number of carbonyl (C=O) groups excluding carboxylic acids is 1. The Bertz CT molecular complexity index is 820. The molecule has 0 spiro atoms. The van der Waals surface area contributed by atoms with Crippen LogP contribution in [-0.4, -0.2) is 15.3 Å². The summed E-state index contributed by atoms with van der Waals surface area (Å²) in [5.41, 5.74) is 4.20. The zero-order valence-electron chi connectivity index (χ0n) is 12.8. The van der Waals surface area contributed by atoms with Crippen LogP contribution in [0.25, 0.3) is 5.65 Å². The van der Waals surface area contributed by atoms with Crippen LogP contribution in [0.15, 0.2) is 48.7 Å². The van der Waals surface area contributed by atoms with Crippen molar-refractivity contribution in [3.63, 3.8) is 0 Å². The molecule has 2 aromatic heterocycles. The first-order chi connectivity index (χ1) is 10.7. The third-order valence-electron chi connectivity index (χ3n) is 3.58. The Balaban J connectivity index is 2.00. The van der Waals surface area contributed by atoms with Gasteiger partial charge in [0, 0.05) is 11.9 Å². The number of hydrogen-bond acceptors (Lipinski definition) is 2. The summed E-state index contributed by atoms with van der Waals surface area (Å²) in [5.74, 6) is -0.118. The van der Waals surface area contributed by atoms with Crippen LogP contribution in [-0.2, 0) is 6.42 Å². The zero-order chi connectivity index (χ0) is 15.5. The van der Waals surface area contributed by atoms with Gasteiger partial charge in [-0.3, -0.25) is 9.20 Å². The van der Waals surface area contributed by atoms with Crippen molar-refractivity contribution < 1.29 is 4.79 Å². The lowest BCUT2D eigenvalue weighted by Crippen LogP contribution is -2.16. The first kappa shape index (κ1) is 14.3. The summed E-state index contributed by atoms with van der Waals surface area (Å²) in [6, 6.07) is 13.6. The van der Waals surface area contributed by atoms with E-state index in [-0.39, 0.29) is 5.91 Å². The van der Waals surface area contributed by atoms with Gasteiger partial charge >= 0.3 is 0 Å². The van der Waals surface area contributed by atoms with Crippen molar-refractivity contribution >= 4 is 17.2 Å². The molecule has 0 aliphatic carbocycles. The Kier molecular flexibility index (Phi) is 3.92. The molecule has 4 nitrogen and oxygen atoms in total. The molecule has 1 N–H and O–H groups in total. The highest BCUT2D eigenvalue weighted by Crippen LogP contribution is 2.17. The van der Waals surface area contributed by atoms with Crippen molar-refractivity contribution in [1.82, 2.24) is 9.38 Å². The fourth-order valence-electron chi connectivity index (χ4n) is 2.61. The van der Waals surface area contributed by atoms with E-state index in [2.05, 4.69) is 17.2 Å². The van der Waals surface area contributed by atoms with E-state index in [0.29, 0.717) is 5.69 Å². The van der Waals surface area contributed by atoms with Gasteiger partial charge in [-0.15, -0.1) is 0 Å². The number of aryl methyl sites for hydroxylation is 2. The van der Waals surface area contributed by atoms with Crippen molar-refractivity contribution in [2.75, 3.05) is 5.32 Å². The minimum absolute atomic E-state index is 0.118. The van der Waals surface area contributed by atoms with E-state index in [0.717, 1.165) is 35.4 Å². The lowest BCUT2D eigenvalue weighted by molar-refractivity contribution is 0.102. The van der Waals surface area contributed by atoms with Gasteiger partial charge in [-0.25, -0.2) is 4.98 Å². The van der Waals surface area contributed by atoms with Crippen molar-refractivity contribution in [3.8, 4) is 0 Å². The van der Waals surface area contributed by atoms with E-state index >= 15 is 0 Å². The Morgan fingerprint density at radius 2 is 2.09 bits per heavy atom. The standard InChI is InChI=1S/C18H19N3O/c1-3-7-15-17(21-11-5-4-10-16(21)20-15)18(22)19-14-9-6-8-13(2)12-14/h4-6,8-12H,3,7H2,1-2H3,(H,19,22). The molecule has 3 rings (SSSR count). The molecule has 0 saturated carbocycles. The lowest BCUT2D eigenvalue weighted by Gasteiger charge is -2.07. The Labute approximate surface area is 129 Å². The Morgan fingerprint density at radius 1 is 1.23 bits per heavy atom. The predicted octanol–water partition coefficient (Wildman–Crippen LogP) is 3.85. The molecular formula is C18H19N3O. The van der Waals surface area contributed by atoms with Crippen molar-refractivity contribution in [2.45, 2.75) is 26.7 Å². The largest absolute Gasteiger partial charge is 0.321 e. The van der Waals surface area contributed by atoms with Gasteiger partial charge in [0.2, 0.25) is 0 Å². The molecule has 1 amide bonds. The molecule has 3 aromatic rings. The summed E-state index contributed by atoms with van der Waals surface area (Å²) in [4.78, 5) is 17.3. The highest BCUT2D eigenvalue weighted by molar-refractivity contribution is 6.04. The first-order valence-electron chi connectivity index (χ1n) is 7.53. The second kappa shape index (κ2) is 6.02. The number of benzene rings is 1. The van der Waals surface area contributed by atoms with E-state index in [4.69, 9.17) is 0 Å². The van der Waals surface area contributed by atoms with E-state index < -0.39 is 0 Å². The summed E-state index contributed by atoms with van der Waals surface area (Å²) >= 11 is 0. The van der Waals surface area contributed by atoms with Gasteiger partial charge in [0.15, 0.2) is 0 Å². The van der Waals surface area contributed by atoms with Crippen LogP contribution < -0.4 is 5.32 Å². The fraction of sp³-hybridized carbons (Fsp3) is 0.222. The number of nitrogens with one attached hydrogen (secondary N) is 1. The van der Waals surface area contributed by atoms with Crippen LogP contribution in [0.3, 0.4) is 0 Å². The molecule has 0 radical (unpaired) electrons. The molecule has 0 saturated heterocycles. The maximum Gasteiger partial charge on any atom is 0.274 e. The molecule has 22 heavy (non-hydrogen) atoms. The summed E-state index contributed by atoms with van der Waals surface area (Å²) in [7, 11) is 0. The average molecular weight is 293 g/mol. The summed E-state index contributed by atoms with van der Waals surface area (Å²) in [6.07, 6.45) is 3.62. The van der Waals surface area contributed by atoms with Crippen molar-refractivity contribution in [2.24, 2.45) is 0 Å². The number of anilines is 1. The Hall–Kier alpha value is -2.62. The summed E-state index contributed by atoms with van der Waals surface area (Å²) < 4.78 is 1.86. The molecule has 112 valence electrons. The Morgan fingerprint density at radius 3 is 2.86 bits per heavy atom. The smallest absolute Gasteiger partial charge is 0.274 e. The number of nitrogens with zero attached hydrogens (tertiary/aromatic N) is 2. The van der Waals surface area contributed by atoms with Crippen molar-refractivity contribution in [1.29, 1.82) is 0 Å². The number of pyridine rings is 1. The van der Waals surface area contributed by atoms with Crippen LogP contribution in [0.4, 0.5) is 5.69 Å². The quantitative estimate of drug-likeness (QED) is 0.794. The van der Waals surface area contributed by atoms with Crippen LogP contribution >= 0.6 is 0 Å².